The molecule has 0 unspecified atom stereocenters. The van der Waals surface area contributed by atoms with Gasteiger partial charge in [0, 0.05) is 19.7 Å². The van der Waals surface area contributed by atoms with E-state index in [2.05, 4.69) is 10.6 Å². The van der Waals surface area contributed by atoms with Gasteiger partial charge in [-0.15, -0.1) is 11.3 Å². The number of amides is 1. The van der Waals surface area contributed by atoms with Crippen molar-refractivity contribution in [3.05, 3.63) is 10.9 Å². The van der Waals surface area contributed by atoms with Crippen molar-refractivity contribution in [1.29, 1.82) is 0 Å². The van der Waals surface area contributed by atoms with Crippen molar-refractivity contribution in [3.8, 4) is 0 Å². The number of rotatable bonds is 8. The average Bonchev–Trinajstić information content (AvgIpc) is 3.12. The van der Waals surface area contributed by atoms with Crippen LogP contribution in [0.4, 0.5) is 10.7 Å². The molecule has 0 aromatic carbocycles. The number of hydrogen-bond donors (Lipinski definition) is 3. The molecule has 1 amide bonds. The highest BCUT2D eigenvalue weighted by atomic mass is 32.1. The summed E-state index contributed by atoms with van der Waals surface area (Å²) in [6, 6.07) is 1.80. The van der Waals surface area contributed by atoms with Gasteiger partial charge in [0.05, 0.1) is 17.3 Å². The number of ether oxygens (including phenoxy) is 1. The minimum absolute atomic E-state index is 0.108. The standard InChI is InChI=1S/C13H21N3O2S/c1-2-15-13(17)12-10(14)7-11(19-12)16-5-6-18-8-9-3-4-9/h7,9,16H,2-6,8,14H2,1H3,(H,15,17). The van der Waals surface area contributed by atoms with Crippen LogP contribution in [0, 0.1) is 5.92 Å². The van der Waals surface area contributed by atoms with E-state index >= 15 is 0 Å². The lowest BCUT2D eigenvalue weighted by atomic mass is 10.3. The van der Waals surface area contributed by atoms with Gasteiger partial charge in [0.1, 0.15) is 4.88 Å². The monoisotopic (exact) mass is 283 g/mol. The molecule has 4 N–H and O–H groups in total. The molecule has 0 radical (unpaired) electrons. The first-order valence-corrected chi connectivity index (χ1v) is 7.51. The second kappa shape index (κ2) is 6.77. The normalized spacial score (nSPS) is 14.4. The first kappa shape index (κ1) is 14.1. The third kappa shape index (κ3) is 4.40. The van der Waals surface area contributed by atoms with Crippen LogP contribution >= 0.6 is 11.3 Å². The summed E-state index contributed by atoms with van der Waals surface area (Å²) in [7, 11) is 0. The molecule has 6 heteroatoms. The van der Waals surface area contributed by atoms with Gasteiger partial charge in [-0.1, -0.05) is 0 Å². The minimum atomic E-state index is -0.108. The number of nitrogens with one attached hydrogen (secondary N) is 2. The van der Waals surface area contributed by atoms with Crippen molar-refractivity contribution in [3.63, 3.8) is 0 Å². The van der Waals surface area contributed by atoms with Crippen LogP contribution in [0.15, 0.2) is 6.07 Å². The lowest BCUT2D eigenvalue weighted by Crippen LogP contribution is -2.22. The highest BCUT2D eigenvalue weighted by Gasteiger charge is 2.20. The molecule has 1 fully saturated rings. The Morgan fingerprint density at radius 3 is 3.05 bits per heavy atom. The Morgan fingerprint density at radius 2 is 2.37 bits per heavy atom. The molecule has 1 aliphatic rings. The molecule has 1 aromatic heterocycles. The zero-order valence-corrected chi connectivity index (χ0v) is 12.0. The van der Waals surface area contributed by atoms with E-state index in [4.69, 9.17) is 10.5 Å². The molecule has 0 atom stereocenters. The molecule has 1 aliphatic carbocycles. The minimum Gasteiger partial charge on any atom is -0.397 e. The number of thiophene rings is 1. The highest BCUT2D eigenvalue weighted by Crippen LogP contribution is 2.29. The highest BCUT2D eigenvalue weighted by molar-refractivity contribution is 7.18. The molecule has 0 aliphatic heterocycles. The molecule has 5 nitrogen and oxygen atoms in total. The summed E-state index contributed by atoms with van der Waals surface area (Å²) in [4.78, 5) is 12.3. The maximum atomic E-state index is 11.7. The van der Waals surface area contributed by atoms with Gasteiger partial charge in [-0.25, -0.2) is 0 Å². The molecular formula is C13H21N3O2S. The van der Waals surface area contributed by atoms with Gasteiger partial charge in [-0.2, -0.15) is 0 Å². The molecule has 1 heterocycles. The van der Waals surface area contributed by atoms with Gasteiger partial charge < -0.3 is 21.1 Å². The van der Waals surface area contributed by atoms with Crippen molar-refractivity contribution in [2.45, 2.75) is 19.8 Å². The molecule has 0 spiro atoms. The van der Waals surface area contributed by atoms with E-state index < -0.39 is 0 Å². The quantitative estimate of drug-likeness (QED) is 0.637. The van der Waals surface area contributed by atoms with Crippen LogP contribution in [0.1, 0.15) is 29.4 Å². The SMILES string of the molecule is CCNC(=O)c1sc(NCCOCC2CC2)cc1N. The van der Waals surface area contributed by atoms with E-state index in [9.17, 15) is 4.79 Å². The number of nitrogens with two attached hydrogens (primary N) is 1. The third-order valence-electron chi connectivity index (χ3n) is 2.90. The van der Waals surface area contributed by atoms with Crippen LogP contribution in [0.5, 0.6) is 0 Å². The summed E-state index contributed by atoms with van der Waals surface area (Å²) in [5.41, 5.74) is 6.35. The Bertz CT molecular complexity index is 430. The molecule has 1 saturated carbocycles. The molecule has 0 saturated heterocycles. The van der Waals surface area contributed by atoms with E-state index in [1.54, 1.807) is 6.07 Å². The van der Waals surface area contributed by atoms with E-state index in [0.717, 1.165) is 24.1 Å². The predicted molar refractivity (Wildman–Crippen MR) is 78.8 cm³/mol. The number of anilines is 2. The molecule has 2 rings (SSSR count). The fourth-order valence-electron chi connectivity index (χ4n) is 1.69. The van der Waals surface area contributed by atoms with Gasteiger partial charge in [0.25, 0.3) is 5.91 Å². The fourth-order valence-corrected chi connectivity index (χ4v) is 2.61. The lowest BCUT2D eigenvalue weighted by Gasteiger charge is -2.04. The summed E-state index contributed by atoms with van der Waals surface area (Å²) in [5.74, 6) is 0.685. The maximum Gasteiger partial charge on any atom is 0.263 e. The number of hydrogen-bond acceptors (Lipinski definition) is 5. The summed E-state index contributed by atoms with van der Waals surface area (Å²) in [6.07, 6.45) is 2.62. The second-order valence-electron chi connectivity index (χ2n) is 4.70. The van der Waals surface area contributed by atoms with Crippen LogP contribution in [0.2, 0.25) is 0 Å². The van der Waals surface area contributed by atoms with Crippen molar-refractivity contribution in [2.24, 2.45) is 5.92 Å². The van der Waals surface area contributed by atoms with Gasteiger partial charge in [-0.05, 0) is 31.7 Å². The summed E-state index contributed by atoms with van der Waals surface area (Å²) >= 11 is 1.38. The van der Waals surface area contributed by atoms with E-state index in [0.29, 0.717) is 23.7 Å². The number of nitrogen functional groups attached to an aromatic ring is 1. The van der Waals surface area contributed by atoms with Crippen molar-refractivity contribution >= 4 is 27.9 Å². The molecule has 1 aromatic rings. The van der Waals surface area contributed by atoms with Crippen LogP contribution in [0.25, 0.3) is 0 Å². The van der Waals surface area contributed by atoms with Crippen LogP contribution in [-0.2, 0) is 4.74 Å². The van der Waals surface area contributed by atoms with Gasteiger partial charge >= 0.3 is 0 Å². The van der Waals surface area contributed by atoms with Crippen LogP contribution < -0.4 is 16.4 Å². The molecule has 0 bridgehead atoms. The topological polar surface area (TPSA) is 76.4 Å². The summed E-state index contributed by atoms with van der Waals surface area (Å²) in [5, 5.41) is 6.89. The summed E-state index contributed by atoms with van der Waals surface area (Å²) in [6.45, 7) is 4.79. The Kier molecular flexibility index (Phi) is 5.04. The van der Waals surface area contributed by atoms with Crippen molar-refractivity contribution in [2.75, 3.05) is 37.4 Å². The Balaban J connectivity index is 1.73. The zero-order valence-electron chi connectivity index (χ0n) is 11.2. The lowest BCUT2D eigenvalue weighted by molar-refractivity contribution is 0.0960. The second-order valence-corrected chi connectivity index (χ2v) is 5.75. The molecular weight excluding hydrogens is 262 g/mol. The van der Waals surface area contributed by atoms with E-state index in [1.807, 2.05) is 6.92 Å². The Hall–Kier alpha value is -1.27. The van der Waals surface area contributed by atoms with Crippen LogP contribution in [0.3, 0.4) is 0 Å². The maximum absolute atomic E-state index is 11.7. The predicted octanol–water partition coefficient (Wildman–Crippen LogP) is 1.92. The molecule has 106 valence electrons. The summed E-state index contributed by atoms with van der Waals surface area (Å²) < 4.78 is 5.53. The van der Waals surface area contributed by atoms with Crippen molar-refractivity contribution in [1.82, 2.24) is 5.32 Å². The van der Waals surface area contributed by atoms with Gasteiger partial charge in [-0.3, -0.25) is 4.79 Å². The largest absolute Gasteiger partial charge is 0.397 e. The van der Waals surface area contributed by atoms with Crippen molar-refractivity contribution < 1.29 is 9.53 Å². The van der Waals surface area contributed by atoms with Gasteiger partial charge in [0.2, 0.25) is 0 Å². The average molecular weight is 283 g/mol. The smallest absolute Gasteiger partial charge is 0.263 e. The Labute approximate surface area is 117 Å². The fraction of sp³-hybridized carbons (Fsp3) is 0.615. The number of carbonyl (C=O) groups is 1. The number of carbonyl (C=O) groups excluding carboxylic acids is 1. The third-order valence-corrected chi connectivity index (χ3v) is 4.01. The van der Waals surface area contributed by atoms with E-state index in [1.165, 1.54) is 24.2 Å². The zero-order chi connectivity index (χ0) is 13.7. The molecule has 19 heavy (non-hydrogen) atoms. The first-order valence-electron chi connectivity index (χ1n) is 6.69. The Morgan fingerprint density at radius 1 is 1.58 bits per heavy atom. The van der Waals surface area contributed by atoms with Crippen LogP contribution in [-0.4, -0.2) is 32.2 Å². The van der Waals surface area contributed by atoms with E-state index in [-0.39, 0.29) is 5.91 Å². The first-order chi connectivity index (χ1) is 9.20. The van der Waals surface area contributed by atoms with Gasteiger partial charge in [0.15, 0.2) is 0 Å².